The molecule has 2 fully saturated rings. The molecule has 1 saturated carbocycles. The first-order chi connectivity index (χ1) is 16.4. The molecule has 1 saturated heterocycles. The number of fused-ring (bicyclic) bond motifs is 3. The van der Waals surface area contributed by atoms with Crippen molar-refractivity contribution in [1.29, 1.82) is 0 Å². The third-order valence-electron chi connectivity index (χ3n) is 8.13. The van der Waals surface area contributed by atoms with Gasteiger partial charge in [0.25, 0.3) is 0 Å². The van der Waals surface area contributed by atoms with E-state index in [1.54, 1.807) is 12.1 Å². The lowest BCUT2D eigenvalue weighted by molar-refractivity contribution is 0.280. The van der Waals surface area contributed by atoms with Crippen LogP contribution in [-0.2, 0) is 16.4 Å². The first-order valence-corrected chi connectivity index (χ1v) is 14.3. The molecule has 2 aliphatic carbocycles. The van der Waals surface area contributed by atoms with Gasteiger partial charge in [0.15, 0.2) is 0 Å². The summed E-state index contributed by atoms with van der Waals surface area (Å²) in [5.74, 6) is 2.78. The Labute approximate surface area is 204 Å². The molecule has 5 rings (SSSR count). The fourth-order valence-electron chi connectivity index (χ4n) is 6.08. The predicted molar refractivity (Wildman–Crippen MR) is 138 cm³/mol. The third kappa shape index (κ3) is 5.08. The van der Waals surface area contributed by atoms with Gasteiger partial charge in [-0.1, -0.05) is 42.0 Å². The van der Waals surface area contributed by atoms with Gasteiger partial charge in [0.05, 0.1) is 10.7 Å². The van der Waals surface area contributed by atoms with Crippen molar-refractivity contribution < 1.29 is 8.42 Å². The van der Waals surface area contributed by atoms with E-state index in [9.17, 15) is 8.42 Å². The van der Waals surface area contributed by atoms with Crippen LogP contribution in [0.15, 0.2) is 52.4 Å². The molecule has 2 unspecified atom stereocenters. The lowest BCUT2D eigenvalue weighted by Crippen LogP contribution is -2.32. The second-order valence-corrected chi connectivity index (χ2v) is 12.3. The van der Waals surface area contributed by atoms with Crippen LogP contribution >= 0.6 is 0 Å². The number of sulfonamides is 1. The molecule has 1 aliphatic heterocycles. The van der Waals surface area contributed by atoms with Crippen LogP contribution in [0, 0.1) is 25.7 Å². The summed E-state index contributed by atoms with van der Waals surface area (Å²) in [6.07, 6.45) is 7.79. The second-order valence-electron chi connectivity index (χ2n) is 10.6. The van der Waals surface area contributed by atoms with Crippen molar-refractivity contribution in [2.24, 2.45) is 16.8 Å². The molecule has 2 aromatic carbocycles. The summed E-state index contributed by atoms with van der Waals surface area (Å²) in [7, 11) is -3.44. The lowest BCUT2D eigenvalue weighted by Gasteiger charge is -2.28. The zero-order chi connectivity index (χ0) is 23.7. The summed E-state index contributed by atoms with van der Waals surface area (Å²) < 4.78 is 28.2. The Morgan fingerprint density at radius 2 is 1.76 bits per heavy atom. The molecule has 5 nitrogen and oxygen atoms in total. The Morgan fingerprint density at radius 1 is 1.00 bits per heavy atom. The molecule has 2 aromatic rings. The summed E-state index contributed by atoms with van der Waals surface area (Å²) in [6.45, 7) is 5.45. The highest BCUT2D eigenvalue weighted by Gasteiger charge is 2.36. The highest BCUT2D eigenvalue weighted by Crippen LogP contribution is 2.38. The molecule has 0 amide bonds. The monoisotopic (exact) mass is 479 g/mol. The van der Waals surface area contributed by atoms with E-state index in [1.807, 2.05) is 19.1 Å². The molecule has 2 N–H and O–H groups in total. The number of aryl methyl sites for hydroxylation is 3. The van der Waals surface area contributed by atoms with Crippen LogP contribution in [0.2, 0.25) is 0 Å². The number of rotatable bonds is 6. The van der Waals surface area contributed by atoms with Gasteiger partial charge in [-0.15, -0.1) is 0 Å². The first kappa shape index (κ1) is 23.6. The quantitative estimate of drug-likeness (QED) is 0.620. The van der Waals surface area contributed by atoms with E-state index in [4.69, 9.17) is 4.99 Å². The molecule has 0 spiro atoms. The minimum atomic E-state index is -3.44. The zero-order valence-corrected chi connectivity index (χ0v) is 21.2. The van der Waals surface area contributed by atoms with E-state index in [0.717, 1.165) is 50.6 Å². The predicted octanol–water partition coefficient (Wildman–Crippen LogP) is 4.88. The Kier molecular flexibility index (Phi) is 6.81. The second kappa shape index (κ2) is 9.82. The van der Waals surface area contributed by atoms with Crippen molar-refractivity contribution in [3.8, 4) is 0 Å². The summed E-state index contributed by atoms with van der Waals surface area (Å²) in [5.41, 5.74) is 5.20. The number of aliphatic imine (C=N–C) groups is 1. The minimum Gasteiger partial charge on any atom is -0.370 e. The Morgan fingerprint density at radius 3 is 2.56 bits per heavy atom. The Balaban J connectivity index is 1.10. The molecule has 1 heterocycles. The summed E-state index contributed by atoms with van der Waals surface area (Å²) in [4.78, 5) is 5.41. The molecule has 6 heteroatoms. The summed E-state index contributed by atoms with van der Waals surface area (Å²) >= 11 is 0. The van der Waals surface area contributed by atoms with Gasteiger partial charge >= 0.3 is 0 Å². The molecule has 0 bridgehead atoms. The minimum absolute atomic E-state index is 0.391. The van der Waals surface area contributed by atoms with Gasteiger partial charge in [-0.2, -0.15) is 0 Å². The number of hydrogen-bond acceptors (Lipinski definition) is 3. The Hall–Kier alpha value is -2.18. The van der Waals surface area contributed by atoms with Crippen LogP contribution in [0.1, 0.15) is 66.7 Å². The SMILES string of the molecule is Cc1ccc2c(c1)CCC1NC(=NCC3CCC(CNS(=O)(=O)c4ccccc4C)CC3)CC21. The van der Waals surface area contributed by atoms with E-state index in [-0.39, 0.29) is 0 Å². The normalized spacial score (nSPS) is 27.8. The maximum atomic E-state index is 12.7. The summed E-state index contributed by atoms with van der Waals surface area (Å²) in [6, 6.07) is 14.6. The molecule has 0 aromatic heterocycles. The van der Waals surface area contributed by atoms with Crippen LogP contribution in [0.5, 0.6) is 0 Å². The van der Waals surface area contributed by atoms with Gasteiger partial charge in [-0.25, -0.2) is 13.1 Å². The van der Waals surface area contributed by atoms with Crippen molar-refractivity contribution in [1.82, 2.24) is 10.0 Å². The van der Waals surface area contributed by atoms with Crippen LogP contribution < -0.4 is 10.0 Å². The number of nitrogens with one attached hydrogen (secondary N) is 2. The average Bonchev–Trinajstić information content (AvgIpc) is 3.26. The van der Waals surface area contributed by atoms with Crippen molar-refractivity contribution in [3.05, 3.63) is 64.7 Å². The highest BCUT2D eigenvalue weighted by atomic mass is 32.2. The topological polar surface area (TPSA) is 70.6 Å². The molecule has 34 heavy (non-hydrogen) atoms. The fourth-order valence-corrected chi connectivity index (χ4v) is 7.44. The van der Waals surface area contributed by atoms with Gasteiger partial charge in [-0.05, 0) is 87.0 Å². The number of nitrogens with zero attached hydrogens (tertiary/aromatic N) is 1. The van der Waals surface area contributed by atoms with Crippen molar-refractivity contribution >= 4 is 15.9 Å². The molecular formula is C28H37N3O2S. The van der Waals surface area contributed by atoms with Gasteiger partial charge in [0.1, 0.15) is 0 Å². The van der Waals surface area contributed by atoms with Gasteiger partial charge in [-0.3, -0.25) is 4.99 Å². The average molecular weight is 480 g/mol. The molecule has 182 valence electrons. The first-order valence-electron chi connectivity index (χ1n) is 12.8. The van der Waals surface area contributed by atoms with Crippen LogP contribution in [0.25, 0.3) is 0 Å². The maximum absolute atomic E-state index is 12.7. The zero-order valence-electron chi connectivity index (χ0n) is 20.4. The van der Waals surface area contributed by atoms with Crippen LogP contribution in [0.3, 0.4) is 0 Å². The number of hydrogen-bond donors (Lipinski definition) is 2. The number of amidine groups is 1. The molecule has 0 radical (unpaired) electrons. The van der Waals surface area contributed by atoms with E-state index in [0.29, 0.717) is 35.2 Å². The summed E-state index contributed by atoms with van der Waals surface area (Å²) in [5, 5.41) is 3.73. The standard InChI is InChI=1S/C28H37N3O2S/c1-19-7-13-24-23(15-19)12-14-26-25(24)16-28(31-26)29-17-21-8-10-22(11-9-21)18-30-34(32,33)27-6-4-3-5-20(27)2/h3-7,13,15,21-22,25-26,30H,8-12,14,16-18H2,1-2H3,(H,29,31). The van der Waals surface area contributed by atoms with Crippen LogP contribution in [0.4, 0.5) is 0 Å². The van der Waals surface area contributed by atoms with E-state index in [1.165, 1.54) is 28.9 Å². The molecular weight excluding hydrogens is 442 g/mol. The number of benzene rings is 2. The smallest absolute Gasteiger partial charge is 0.240 e. The highest BCUT2D eigenvalue weighted by molar-refractivity contribution is 7.89. The van der Waals surface area contributed by atoms with Gasteiger partial charge in [0.2, 0.25) is 10.0 Å². The maximum Gasteiger partial charge on any atom is 0.240 e. The lowest BCUT2D eigenvalue weighted by atomic mass is 9.79. The van der Waals surface area contributed by atoms with Crippen molar-refractivity contribution in [2.45, 2.75) is 75.6 Å². The van der Waals surface area contributed by atoms with Gasteiger partial charge in [0, 0.05) is 31.5 Å². The van der Waals surface area contributed by atoms with Crippen LogP contribution in [-0.4, -0.2) is 33.4 Å². The third-order valence-corrected chi connectivity index (χ3v) is 9.71. The largest absolute Gasteiger partial charge is 0.370 e. The van der Waals surface area contributed by atoms with Crippen molar-refractivity contribution in [2.75, 3.05) is 13.1 Å². The van der Waals surface area contributed by atoms with Crippen molar-refractivity contribution in [3.63, 3.8) is 0 Å². The Bertz CT molecular complexity index is 1170. The molecule has 2 atom stereocenters. The van der Waals surface area contributed by atoms with E-state index >= 15 is 0 Å². The fraction of sp³-hybridized carbons (Fsp3) is 0.536. The molecule has 3 aliphatic rings. The van der Waals surface area contributed by atoms with Gasteiger partial charge < -0.3 is 5.32 Å². The van der Waals surface area contributed by atoms with E-state index in [2.05, 4.69) is 35.2 Å². The van der Waals surface area contributed by atoms with E-state index < -0.39 is 10.0 Å².